The predicted octanol–water partition coefficient (Wildman–Crippen LogP) is 4.02. The number of nitriles is 1. The molecule has 0 amide bonds. The van der Waals surface area contributed by atoms with Crippen LogP contribution in [0.2, 0.25) is 0 Å². The summed E-state index contributed by atoms with van der Waals surface area (Å²) >= 11 is 0. The molecule has 0 spiro atoms. The first-order chi connectivity index (χ1) is 9.94. The molecule has 0 aliphatic heterocycles. The quantitative estimate of drug-likeness (QED) is 0.846. The molecule has 2 heteroatoms. The highest BCUT2D eigenvalue weighted by Gasteiger charge is 2.60. The Kier molecular flexibility index (Phi) is 3.37. The fourth-order valence-corrected chi connectivity index (χ4v) is 4.66. The maximum atomic E-state index is 11.6. The zero-order chi connectivity index (χ0) is 15.1. The van der Waals surface area contributed by atoms with Gasteiger partial charge in [0.25, 0.3) is 0 Å². The lowest BCUT2D eigenvalue weighted by Gasteiger charge is -2.56. The summed E-state index contributed by atoms with van der Waals surface area (Å²) in [6.07, 6.45) is 6.34. The van der Waals surface area contributed by atoms with E-state index < -0.39 is 11.0 Å². The highest BCUT2D eigenvalue weighted by molar-refractivity contribution is 5.35. The minimum atomic E-state index is -0.874. The smallest absolute Gasteiger partial charge is 0.0908 e. The van der Waals surface area contributed by atoms with Crippen molar-refractivity contribution in [3.8, 4) is 6.07 Å². The maximum absolute atomic E-state index is 11.6. The molecule has 3 rings (SSSR count). The summed E-state index contributed by atoms with van der Waals surface area (Å²) in [5.74, 6) is 0. The second-order valence-corrected chi connectivity index (χ2v) is 7.59. The molecule has 1 saturated carbocycles. The van der Waals surface area contributed by atoms with Crippen molar-refractivity contribution in [1.29, 1.82) is 5.26 Å². The predicted molar refractivity (Wildman–Crippen MR) is 83.7 cm³/mol. The summed E-state index contributed by atoms with van der Waals surface area (Å²) in [6.45, 7) is 4.29. The van der Waals surface area contributed by atoms with Gasteiger partial charge >= 0.3 is 0 Å². The fraction of sp³-hybridized carbons (Fsp3) is 0.632. The van der Waals surface area contributed by atoms with Crippen LogP contribution in [0.25, 0.3) is 0 Å². The standard InChI is InChI=1S/C19H25NO/c1-17(2)10-5-6-11-19(17,21)18(14-20)12-9-15-7-3-4-8-16(15)13-18/h3-4,7-8,21H,5-6,9-13H2,1-2H3. The van der Waals surface area contributed by atoms with Gasteiger partial charge in [-0.05, 0) is 48.6 Å². The molecule has 2 unspecified atom stereocenters. The molecule has 0 aromatic heterocycles. The number of nitrogens with zero attached hydrogens (tertiary/aromatic N) is 1. The van der Waals surface area contributed by atoms with Crippen molar-refractivity contribution in [1.82, 2.24) is 0 Å². The van der Waals surface area contributed by atoms with E-state index in [1.807, 2.05) is 6.07 Å². The Labute approximate surface area is 127 Å². The van der Waals surface area contributed by atoms with Crippen LogP contribution in [-0.2, 0) is 12.8 Å². The molecular formula is C19H25NO. The maximum Gasteiger partial charge on any atom is 0.0908 e. The minimum absolute atomic E-state index is 0.187. The zero-order valence-corrected chi connectivity index (χ0v) is 13.2. The summed E-state index contributed by atoms with van der Waals surface area (Å²) in [5, 5.41) is 21.6. The van der Waals surface area contributed by atoms with E-state index in [1.165, 1.54) is 11.1 Å². The average molecular weight is 283 g/mol. The lowest BCUT2D eigenvalue weighted by molar-refractivity contribution is -0.168. The molecule has 0 heterocycles. The van der Waals surface area contributed by atoms with Gasteiger partial charge in [0.1, 0.15) is 0 Å². The second kappa shape index (κ2) is 4.85. The number of hydrogen-bond donors (Lipinski definition) is 1. The van der Waals surface area contributed by atoms with Crippen LogP contribution in [0, 0.1) is 22.2 Å². The van der Waals surface area contributed by atoms with Gasteiger partial charge in [-0.3, -0.25) is 0 Å². The van der Waals surface area contributed by atoms with Gasteiger partial charge in [0, 0.05) is 0 Å². The first-order valence-corrected chi connectivity index (χ1v) is 8.15. The number of fused-ring (bicyclic) bond motifs is 1. The minimum Gasteiger partial charge on any atom is -0.388 e. The number of hydrogen-bond acceptors (Lipinski definition) is 2. The van der Waals surface area contributed by atoms with E-state index in [1.54, 1.807) is 0 Å². The SMILES string of the molecule is CC1(C)CCCCC1(O)C1(C#N)CCc2ccccc2C1. The van der Waals surface area contributed by atoms with Crippen LogP contribution in [0.15, 0.2) is 24.3 Å². The largest absolute Gasteiger partial charge is 0.388 e. The molecule has 112 valence electrons. The van der Waals surface area contributed by atoms with Crippen LogP contribution < -0.4 is 0 Å². The van der Waals surface area contributed by atoms with E-state index in [4.69, 9.17) is 0 Å². The molecule has 0 radical (unpaired) electrons. The van der Waals surface area contributed by atoms with E-state index in [0.29, 0.717) is 6.42 Å². The number of rotatable bonds is 1. The van der Waals surface area contributed by atoms with E-state index >= 15 is 0 Å². The third-order valence-corrected chi connectivity index (χ3v) is 6.15. The number of aryl methyl sites for hydroxylation is 1. The van der Waals surface area contributed by atoms with Crippen molar-refractivity contribution in [3.63, 3.8) is 0 Å². The van der Waals surface area contributed by atoms with Crippen molar-refractivity contribution < 1.29 is 5.11 Å². The van der Waals surface area contributed by atoms with Gasteiger partial charge in [0.2, 0.25) is 0 Å². The lowest BCUT2D eigenvalue weighted by Crippen LogP contribution is -2.60. The molecule has 1 aromatic rings. The lowest BCUT2D eigenvalue weighted by atomic mass is 9.50. The van der Waals surface area contributed by atoms with Gasteiger partial charge in [0.15, 0.2) is 0 Å². The van der Waals surface area contributed by atoms with Gasteiger partial charge in [-0.1, -0.05) is 51.0 Å². The van der Waals surface area contributed by atoms with Gasteiger partial charge in [-0.2, -0.15) is 5.26 Å². The van der Waals surface area contributed by atoms with Crippen molar-refractivity contribution in [2.24, 2.45) is 10.8 Å². The van der Waals surface area contributed by atoms with Crippen LogP contribution >= 0.6 is 0 Å². The Bertz CT molecular complexity index is 585. The second-order valence-electron chi connectivity index (χ2n) is 7.59. The van der Waals surface area contributed by atoms with E-state index in [-0.39, 0.29) is 5.41 Å². The molecule has 0 bridgehead atoms. The summed E-state index contributed by atoms with van der Waals surface area (Å²) in [6, 6.07) is 11.0. The van der Waals surface area contributed by atoms with Gasteiger partial charge < -0.3 is 5.11 Å². The van der Waals surface area contributed by atoms with Crippen LogP contribution in [0.4, 0.5) is 0 Å². The fourth-order valence-electron chi connectivity index (χ4n) is 4.66. The van der Waals surface area contributed by atoms with Crippen LogP contribution in [-0.4, -0.2) is 10.7 Å². The Balaban J connectivity index is 2.05. The molecule has 2 aliphatic carbocycles. The topological polar surface area (TPSA) is 44.0 Å². The molecule has 1 N–H and O–H groups in total. The highest BCUT2D eigenvalue weighted by atomic mass is 16.3. The molecule has 0 saturated heterocycles. The Morgan fingerprint density at radius 1 is 1.05 bits per heavy atom. The number of benzene rings is 1. The molecule has 2 aliphatic rings. The zero-order valence-electron chi connectivity index (χ0n) is 13.2. The van der Waals surface area contributed by atoms with E-state index in [0.717, 1.165) is 38.5 Å². The Hall–Kier alpha value is -1.33. The monoisotopic (exact) mass is 283 g/mol. The number of aliphatic hydroxyl groups is 1. The van der Waals surface area contributed by atoms with E-state index in [2.05, 4.69) is 38.1 Å². The molecule has 21 heavy (non-hydrogen) atoms. The summed E-state index contributed by atoms with van der Waals surface area (Å²) in [4.78, 5) is 0. The molecular weight excluding hydrogens is 258 g/mol. The van der Waals surface area contributed by atoms with Gasteiger partial charge in [0.05, 0.1) is 17.1 Å². The van der Waals surface area contributed by atoms with Crippen molar-refractivity contribution in [2.75, 3.05) is 0 Å². The summed E-state index contributed by atoms with van der Waals surface area (Å²) in [7, 11) is 0. The summed E-state index contributed by atoms with van der Waals surface area (Å²) < 4.78 is 0. The van der Waals surface area contributed by atoms with Crippen LogP contribution in [0.1, 0.15) is 57.1 Å². The first-order valence-electron chi connectivity index (χ1n) is 8.15. The molecule has 2 atom stereocenters. The molecule has 1 aromatic carbocycles. The van der Waals surface area contributed by atoms with Crippen molar-refractivity contribution in [3.05, 3.63) is 35.4 Å². The molecule has 2 nitrogen and oxygen atoms in total. The van der Waals surface area contributed by atoms with Crippen molar-refractivity contribution in [2.45, 2.75) is 64.4 Å². The van der Waals surface area contributed by atoms with Crippen LogP contribution in [0.5, 0.6) is 0 Å². The third kappa shape index (κ3) is 2.02. The van der Waals surface area contributed by atoms with Gasteiger partial charge in [-0.15, -0.1) is 0 Å². The van der Waals surface area contributed by atoms with Crippen LogP contribution in [0.3, 0.4) is 0 Å². The third-order valence-electron chi connectivity index (χ3n) is 6.15. The van der Waals surface area contributed by atoms with Gasteiger partial charge in [-0.25, -0.2) is 0 Å². The highest BCUT2D eigenvalue weighted by Crippen LogP contribution is 2.57. The Morgan fingerprint density at radius 2 is 1.71 bits per heavy atom. The first kappa shape index (κ1) is 14.6. The summed E-state index contributed by atoms with van der Waals surface area (Å²) in [5.41, 5.74) is 0.902. The van der Waals surface area contributed by atoms with Crippen molar-refractivity contribution >= 4 is 0 Å². The van der Waals surface area contributed by atoms with E-state index in [9.17, 15) is 10.4 Å². The average Bonchev–Trinajstić information content (AvgIpc) is 2.49. The normalized spacial score (nSPS) is 34.8. The molecule has 1 fully saturated rings. The Morgan fingerprint density at radius 3 is 2.38 bits per heavy atom.